The molecule has 1 aliphatic heterocycles. The lowest BCUT2D eigenvalue weighted by molar-refractivity contribution is 0.265. The molecule has 0 amide bonds. The highest BCUT2D eigenvalue weighted by Gasteiger charge is 2.25. The standard InChI is InChI=1S/C13H23N3S/c1-9(2)16-5-4-11(8-16)6-13-15-7-12(17-13)10(3)14/h7,9-11H,4-6,8,14H2,1-3H3. The quantitative estimate of drug-likeness (QED) is 0.896. The Morgan fingerprint density at radius 1 is 1.53 bits per heavy atom. The van der Waals surface area contributed by atoms with Crippen LogP contribution in [0.2, 0.25) is 0 Å². The zero-order valence-electron chi connectivity index (χ0n) is 11.0. The maximum Gasteiger partial charge on any atom is 0.0931 e. The number of aromatic nitrogens is 1. The van der Waals surface area contributed by atoms with Crippen molar-refractivity contribution in [3.63, 3.8) is 0 Å². The zero-order valence-corrected chi connectivity index (χ0v) is 11.8. The Labute approximate surface area is 108 Å². The van der Waals surface area contributed by atoms with E-state index in [-0.39, 0.29) is 6.04 Å². The van der Waals surface area contributed by atoms with Gasteiger partial charge in [-0.15, -0.1) is 11.3 Å². The van der Waals surface area contributed by atoms with Crippen LogP contribution in [0.5, 0.6) is 0 Å². The molecule has 1 aromatic rings. The van der Waals surface area contributed by atoms with E-state index >= 15 is 0 Å². The predicted octanol–water partition coefficient (Wildman–Crippen LogP) is 2.44. The van der Waals surface area contributed by atoms with Gasteiger partial charge in [0, 0.05) is 36.1 Å². The summed E-state index contributed by atoms with van der Waals surface area (Å²) in [5.41, 5.74) is 5.86. The molecule has 1 aromatic heterocycles. The van der Waals surface area contributed by atoms with Crippen LogP contribution in [0.1, 0.15) is 43.1 Å². The average molecular weight is 253 g/mol. The highest BCUT2D eigenvalue weighted by Crippen LogP contribution is 2.26. The molecule has 1 saturated heterocycles. The van der Waals surface area contributed by atoms with Crippen LogP contribution >= 0.6 is 11.3 Å². The lowest BCUT2D eigenvalue weighted by atomic mass is 10.1. The Bertz CT molecular complexity index is 359. The molecule has 1 fully saturated rings. The van der Waals surface area contributed by atoms with Gasteiger partial charge in [-0.3, -0.25) is 0 Å². The Morgan fingerprint density at radius 3 is 2.82 bits per heavy atom. The first-order valence-electron chi connectivity index (χ1n) is 6.50. The van der Waals surface area contributed by atoms with Crippen molar-refractivity contribution < 1.29 is 0 Å². The second-order valence-electron chi connectivity index (χ2n) is 5.39. The molecule has 3 nitrogen and oxygen atoms in total. The first kappa shape index (κ1) is 13.0. The van der Waals surface area contributed by atoms with E-state index in [0.717, 1.165) is 12.3 Å². The molecule has 2 atom stereocenters. The molecule has 2 rings (SSSR count). The van der Waals surface area contributed by atoms with Crippen LogP contribution in [0, 0.1) is 5.92 Å². The normalized spacial score (nSPS) is 23.5. The van der Waals surface area contributed by atoms with Crippen LogP contribution in [-0.4, -0.2) is 29.0 Å². The van der Waals surface area contributed by atoms with Crippen molar-refractivity contribution in [2.45, 2.75) is 45.7 Å². The SMILES string of the molecule is CC(N)c1cnc(CC2CCN(C(C)C)C2)s1. The lowest BCUT2D eigenvalue weighted by Gasteiger charge is -2.19. The molecular formula is C13H23N3S. The molecular weight excluding hydrogens is 230 g/mol. The van der Waals surface area contributed by atoms with Gasteiger partial charge >= 0.3 is 0 Å². The van der Waals surface area contributed by atoms with Gasteiger partial charge in [0.05, 0.1) is 5.01 Å². The third kappa shape index (κ3) is 3.27. The van der Waals surface area contributed by atoms with E-state index in [1.54, 1.807) is 11.3 Å². The van der Waals surface area contributed by atoms with Crippen molar-refractivity contribution in [3.05, 3.63) is 16.1 Å². The van der Waals surface area contributed by atoms with Gasteiger partial charge in [-0.1, -0.05) is 0 Å². The van der Waals surface area contributed by atoms with Crippen LogP contribution in [-0.2, 0) is 6.42 Å². The summed E-state index contributed by atoms with van der Waals surface area (Å²) < 4.78 is 0. The highest BCUT2D eigenvalue weighted by molar-refractivity contribution is 7.11. The van der Waals surface area contributed by atoms with Gasteiger partial charge in [-0.05, 0) is 39.7 Å². The van der Waals surface area contributed by atoms with Gasteiger partial charge in [0.1, 0.15) is 0 Å². The molecule has 2 heterocycles. The molecule has 0 aromatic carbocycles. The van der Waals surface area contributed by atoms with Crippen molar-refractivity contribution in [3.8, 4) is 0 Å². The van der Waals surface area contributed by atoms with Crippen LogP contribution < -0.4 is 5.73 Å². The molecule has 2 unspecified atom stereocenters. The summed E-state index contributed by atoms with van der Waals surface area (Å²) in [6, 6.07) is 0.799. The number of thiazole rings is 1. The van der Waals surface area contributed by atoms with Gasteiger partial charge in [0.25, 0.3) is 0 Å². The molecule has 0 aliphatic carbocycles. The summed E-state index contributed by atoms with van der Waals surface area (Å²) in [5, 5.41) is 1.26. The van der Waals surface area contributed by atoms with Crippen molar-refractivity contribution in [2.75, 3.05) is 13.1 Å². The van der Waals surface area contributed by atoms with Crippen LogP contribution in [0.3, 0.4) is 0 Å². The van der Waals surface area contributed by atoms with Crippen molar-refractivity contribution in [1.82, 2.24) is 9.88 Å². The molecule has 4 heteroatoms. The molecule has 17 heavy (non-hydrogen) atoms. The minimum Gasteiger partial charge on any atom is -0.323 e. The van der Waals surface area contributed by atoms with E-state index in [4.69, 9.17) is 5.73 Å². The van der Waals surface area contributed by atoms with Crippen molar-refractivity contribution in [1.29, 1.82) is 0 Å². The van der Waals surface area contributed by atoms with Crippen LogP contribution in [0.15, 0.2) is 6.20 Å². The molecule has 2 N–H and O–H groups in total. The summed E-state index contributed by atoms with van der Waals surface area (Å²) in [5.74, 6) is 0.782. The molecule has 1 aliphatic rings. The topological polar surface area (TPSA) is 42.1 Å². The first-order valence-corrected chi connectivity index (χ1v) is 7.32. The number of hydrogen-bond donors (Lipinski definition) is 1. The van der Waals surface area contributed by atoms with E-state index < -0.39 is 0 Å². The molecule has 0 radical (unpaired) electrons. The van der Waals surface area contributed by atoms with E-state index in [0.29, 0.717) is 6.04 Å². The average Bonchev–Trinajstić information content (AvgIpc) is 2.87. The second-order valence-corrected chi connectivity index (χ2v) is 6.54. The summed E-state index contributed by atoms with van der Waals surface area (Å²) in [7, 11) is 0. The fourth-order valence-corrected chi connectivity index (χ4v) is 3.36. The number of hydrogen-bond acceptors (Lipinski definition) is 4. The highest BCUT2D eigenvalue weighted by atomic mass is 32.1. The maximum atomic E-state index is 5.86. The molecule has 0 spiro atoms. The maximum absolute atomic E-state index is 5.86. The minimum absolute atomic E-state index is 0.122. The largest absolute Gasteiger partial charge is 0.323 e. The van der Waals surface area contributed by atoms with E-state index in [2.05, 4.69) is 23.7 Å². The predicted molar refractivity (Wildman–Crippen MR) is 73.2 cm³/mol. The Balaban J connectivity index is 1.89. The fourth-order valence-electron chi connectivity index (χ4n) is 2.37. The molecule has 0 bridgehead atoms. The third-order valence-corrected chi connectivity index (χ3v) is 4.75. The summed E-state index contributed by atoms with van der Waals surface area (Å²) in [6.45, 7) is 9.05. The van der Waals surface area contributed by atoms with Gasteiger partial charge in [0.2, 0.25) is 0 Å². The van der Waals surface area contributed by atoms with E-state index in [1.807, 2.05) is 13.1 Å². The lowest BCUT2D eigenvalue weighted by Crippen LogP contribution is -2.28. The number of rotatable bonds is 4. The van der Waals surface area contributed by atoms with Gasteiger partial charge in [-0.2, -0.15) is 0 Å². The Kier molecular flexibility index (Phi) is 4.17. The fraction of sp³-hybridized carbons (Fsp3) is 0.769. The van der Waals surface area contributed by atoms with Crippen LogP contribution in [0.25, 0.3) is 0 Å². The Hall–Kier alpha value is -0.450. The van der Waals surface area contributed by atoms with Gasteiger partial charge in [0.15, 0.2) is 0 Å². The number of likely N-dealkylation sites (tertiary alicyclic amines) is 1. The summed E-state index contributed by atoms with van der Waals surface area (Å²) in [6.07, 6.45) is 4.38. The van der Waals surface area contributed by atoms with Crippen molar-refractivity contribution in [2.24, 2.45) is 11.7 Å². The Morgan fingerprint density at radius 2 is 2.29 bits per heavy atom. The summed E-state index contributed by atoms with van der Waals surface area (Å²) in [4.78, 5) is 8.26. The third-order valence-electron chi connectivity index (χ3n) is 3.53. The number of nitrogens with zero attached hydrogens (tertiary/aromatic N) is 2. The molecule has 0 saturated carbocycles. The van der Waals surface area contributed by atoms with E-state index in [1.165, 1.54) is 29.4 Å². The first-order chi connectivity index (χ1) is 8.06. The monoisotopic (exact) mass is 253 g/mol. The smallest absolute Gasteiger partial charge is 0.0931 e. The van der Waals surface area contributed by atoms with E-state index in [9.17, 15) is 0 Å². The van der Waals surface area contributed by atoms with Crippen molar-refractivity contribution >= 4 is 11.3 Å². The second kappa shape index (κ2) is 5.46. The minimum atomic E-state index is 0.122. The number of nitrogens with two attached hydrogens (primary N) is 1. The van der Waals surface area contributed by atoms with Gasteiger partial charge < -0.3 is 10.6 Å². The summed E-state index contributed by atoms with van der Waals surface area (Å²) >= 11 is 1.78. The zero-order chi connectivity index (χ0) is 12.4. The van der Waals surface area contributed by atoms with Crippen LogP contribution in [0.4, 0.5) is 0 Å². The van der Waals surface area contributed by atoms with Gasteiger partial charge in [-0.25, -0.2) is 4.98 Å². The molecule has 96 valence electrons.